The van der Waals surface area contributed by atoms with Crippen molar-refractivity contribution in [3.63, 3.8) is 0 Å². The first-order valence-corrected chi connectivity index (χ1v) is 9.44. The van der Waals surface area contributed by atoms with Crippen molar-refractivity contribution >= 4 is 10.0 Å². The Balaban J connectivity index is 1.50. The Morgan fingerprint density at radius 3 is 2.60 bits per heavy atom. The summed E-state index contributed by atoms with van der Waals surface area (Å²) in [5.41, 5.74) is 0. The summed E-state index contributed by atoms with van der Waals surface area (Å²) < 4.78 is 31.0. The van der Waals surface area contributed by atoms with E-state index in [1.165, 1.54) is 30.0 Å². The smallest absolute Gasteiger partial charge is 0.213 e. The van der Waals surface area contributed by atoms with Crippen LogP contribution >= 0.6 is 0 Å². The van der Waals surface area contributed by atoms with Crippen molar-refractivity contribution < 1.29 is 13.2 Å². The molecule has 2 aliphatic carbocycles. The van der Waals surface area contributed by atoms with Gasteiger partial charge in [0, 0.05) is 26.2 Å². The van der Waals surface area contributed by atoms with Crippen LogP contribution in [0, 0.1) is 5.92 Å². The summed E-state index contributed by atoms with van der Waals surface area (Å²) in [6.45, 7) is 2.71. The molecule has 2 rings (SSSR count). The summed E-state index contributed by atoms with van der Waals surface area (Å²) in [6.07, 6.45) is 6.76. The van der Waals surface area contributed by atoms with Gasteiger partial charge in [0.1, 0.15) is 0 Å². The van der Waals surface area contributed by atoms with Gasteiger partial charge < -0.3 is 10.1 Å². The third-order valence-corrected chi connectivity index (χ3v) is 5.85. The van der Waals surface area contributed by atoms with E-state index in [9.17, 15) is 8.42 Å². The number of nitrogens with zero attached hydrogens (tertiary/aromatic N) is 1. The number of ether oxygens (including phenoxy) is 1. The fraction of sp³-hybridized carbons (Fsp3) is 1.00. The van der Waals surface area contributed by atoms with E-state index in [1.54, 1.807) is 7.05 Å². The Hall–Kier alpha value is -0.170. The molecule has 20 heavy (non-hydrogen) atoms. The van der Waals surface area contributed by atoms with Crippen LogP contribution in [0.2, 0.25) is 0 Å². The number of nitrogens with one attached hydrogen (secondary N) is 1. The van der Waals surface area contributed by atoms with Gasteiger partial charge in [-0.2, -0.15) is 0 Å². The monoisotopic (exact) mass is 304 g/mol. The van der Waals surface area contributed by atoms with E-state index in [-0.39, 0.29) is 5.75 Å². The van der Waals surface area contributed by atoms with E-state index in [0.29, 0.717) is 19.2 Å². The van der Waals surface area contributed by atoms with Crippen LogP contribution in [-0.2, 0) is 14.8 Å². The molecule has 0 spiro atoms. The molecule has 0 bridgehead atoms. The minimum Gasteiger partial charge on any atom is -0.380 e. The molecule has 6 heteroatoms. The van der Waals surface area contributed by atoms with Gasteiger partial charge in [0.25, 0.3) is 0 Å². The maximum Gasteiger partial charge on any atom is 0.213 e. The Bertz CT molecular complexity index is 378. The first kappa shape index (κ1) is 16.2. The van der Waals surface area contributed by atoms with Gasteiger partial charge in [0.15, 0.2) is 0 Å². The quantitative estimate of drug-likeness (QED) is 0.551. The molecular formula is C14H28N2O3S. The van der Waals surface area contributed by atoms with Crippen LogP contribution in [-0.4, -0.2) is 57.9 Å². The molecule has 0 radical (unpaired) electrons. The van der Waals surface area contributed by atoms with E-state index >= 15 is 0 Å². The third-order valence-electron chi connectivity index (χ3n) is 3.92. The van der Waals surface area contributed by atoms with E-state index in [1.807, 2.05) is 0 Å². The molecule has 5 nitrogen and oxygen atoms in total. The lowest BCUT2D eigenvalue weighted by Gasteiger charge is -2.17. The molecule has 0 aromatic carbocycles. The molecule has 2 aliphatic rings. The minimum absolute atomic E-state index is 0.248. The first-order valence-electron chi connectivity index (χ1n) is 7.83. The predicted molar refractivity (Wildman–Crippen MR) is 80.2 cm³/mol. The van der Waals surface area contributed by atoms with Crippen molar-refractivity contribution in [3.05, 3.63) is 0 Å². The zero-order valence-electron chi connectivity index (χ0n) is 12.5. The average Bonchev–Trinajstić information content (AvgIpc) is 3.26. The third kappa shape index (κ3) is 6.52. The Morgan fingerprint density at radius 2 is 1.95 bits per heavy atom. The fourth-order valence-electron chi connectivity index (χ4n) is 2.03. The molecule has 2 fully saturated rings. The van der Waals surface area contributed by atoms with Crippen molar-refractivity contribution in [2.24, 2.45) is 5.92 Å². The van der Waals surface area contributed by atoms with Crippen LogP contribution in [0.4, 0.5) is 0 Å². The van der Waals surface area contributed by atoms with Crippen molar-refractivity contribution in [1.82, 2.24) is 9.62 Å². The fourth-order valence-corrected chi connectivity index (χ4v) is 3.26. The van der Waals surface area contributed by atoms with Gasteiger partial charge in [-0.15, -0.1) is 0 Å². The predicted octanol–water partition coefficient (Wildman–Crippen LogP) is 1.21. The lowest BCUT2D eigenvalue weighted by atomic mass is 10.3. The molecule has 0 saturated heterocycles. The van der Waals surface area contributed by atoms with Crippen LogP contribution in [0.5, 0.6) is 0 Å². The molecule has 0 aromatic rings. The normalized spacial score (nSPS) is 19.7. The molecule has 1 N–H and O–H groups in total. The van der Waals surface area contributed by atoms with Crippen molar-refractivity contribution in [2.75, 3.05) is 39.1 Å². The standard InChI is InChI=1S/C14H28N2O3S/c1-16(9-10-19-12-13-4-5-13)20(17,18)11-3-2-8-15-14-6-7-14/h13-15H,2-12H2,1H3. The number of hydrogen-bond donors (Lipinski definition) is 1. The molecule has 0 aliphatic heterocycles. The highest BCUT2D eigenvalue weighted by atomic mass is 32.2. The van der Waals surface area contributed by atoms with Crippen molar-refractivity contribution in [3.8, 4) is 0 Å². The molecule has 0 aromatic heterocycles. The van der Waals surface area contributed by atoms with E-state index in [4.69, 9.17) is 4.74 Å². The van der Waals surface area contributed by atoms with Gasteiger partial charge in [-0.1, -0.05) is 0 Å². The zero-order valence-corrected chi connectivity index (χ0v) is 13.3. The maximum atomic E-state index is 12.0. The van der Waals surface area contributed by atoms with Gasteiger partial charge in [0.2, 0.25) is 10.0 Å². The zero-order chi connectivity index (χ0) is 14.4. The SMILES string of the molecule is CN(CCOCC1CC1)S(=O)(=O)CCCCNC1CC1. The van der Waals surface area contributed by atoms with Gasteiger partial charge in [-0.3, -0.25) is 0 Å². The van der Waals surface area contributed by atoms with Gasteiger partial charge in [0.05, 0.1) is 12.4 Å². The van der Waals surface area contributed by atoms with Gasteiger partial charge in [-0.05, 0) is 51.0 Å². The Morgan fingerprint density at radius 1 is 1.20 bits per heavy atom. The summed E-state index contributed by atoms with van der Waals surface area (Å²) >= 11 is 0. The van der Waals surface area contributed by atoms with Gasteiger partial charge >= 0.3 is 0 Å². The maximum absolute atomic E-state index is 12.0. The van der Waals surface area contributed by atoms with Crippen LogP contribution in [0.1, 0.15) is 38.5 Å². The highest BCUT2D eigenvalue weighted by molar-refractivity contribution is 7.89. The molecule has 0 unspecified atom stereocenters. The van der Waals surface area contributed by atoms with Gasteiger partial charge in [-0.25, -0.2) is 12.7 Å². The Kier molecular flexibility index (Phi) is 6.26. The first-order chi connectivity index (χ1) is 9.58. The molecule has 2 saturated carbocycles. The lowest BCUT2D eigenvalue weighted by molar-refractivity contribution is 0.117. The molecular weight excluding hydrogens is 276 g/mol. The number of rotatable bonds is 12. The highest BCUT2D eigenvalue weighted by Gasteiger charge is 2.22. The second kappa shape index (κ2) is 7.73. The Labute approximate surface area is 123 Å². The number of unbranched alkanes of at least 4 members (excludes halogenated alkanes) is 1. The van der Waals surface area contributed by atoms with Crippen LogP contribution in [0.3, 0.4) is 0 Å². The van der Waals surface area contributed by atoms with Crippen molar-refractivity contribution in [2.45, 2.75) is 44.6 Å². The number of sulfonamides is 1. The second-order valence-electron chi connectivity index (χ2n) is 6.09. The largest absolute Gasteiger partial charge is 0.380 e. The van der Waals surface area contributed by atoms with Crippen LogP contribution in [0.15, 0.2) is 0 Å². The molecule has 0 heterocycles. The number of hydrogen-bond acceptors (Lipinski definition) is 4. The highest BCUT2D eigenvalue weighted by Crippen LogP contribution is 2.28. The molecule has 0 amide bonds. The summed E-state index contributed by atoms with van der Waals surface area (Å²) in [7, 11) is -1.45. The van der Waals surface area contributed by atoms with Crippen molar-refractivity contribution in [1.29, 1.82) is 0 Å². The van der Waals surface area contributed by atoms with E-state index in [2.05, 4.69) is 5.32 Å². The average molecular weight is 304 g/mol. The van der Waals surface area contributed by atoms with Crippen LogP contribution in [0.25, 0.3) is 0 Å². The summed E-state index contributed by atoms with van der Waals surface area (Å²) in [5.74, 6) is 0.981. The summed E-state index contributed by atoms with van der Waals surface area (Å²) in [6, 6.07) is 0.706. The number of likely N-dealkylation sites (N-methyl/N-ethyl adjacent to an activating group) is 1. The van der Waals surface area contributed by atoms with E-state index in [0.717, 1.165) is 31.9 Å². The molecule has 0 atom stereocenters. The molecule has 118 valence electrons. The lowest BCUT2D eigenvalue weighted by Crippen LogP contribution is -2.32. The summed E-state index contributed by atoms with van der Waals surface area (Å²) in [5, 5.41) is 3.40. The van der Waals surface area contributed by atoms with E-state index < -0.39 is 10.0 Å². The topological polar surface area (TPSA) is 58.6 Å². The second-order valence-corrected chi connectivity index (χ2v) is 8.29. The van der Waals surface area contributed by atoms with Crippen LogP contribution < -0.4 is 5.32 Å². The summed E-state index contributed by atoms with van der Waals surface area (Å²) in [4.78, 5) is 0. The minimum atomic E-state index is -3.10.